The lowest BCUT2D eigenvalue weighted by atomic mass is 10.0. The zero-order valence-corrected chi connectivity index (χ0v) is 17.3. The number of benzene rings is 1. The summed E-state index contributed by atoms with van der Waals surface area (Å²) < 4.78 is 32.3. The van der Waals surface area contributed by atoms with Gasteiger partial charge in [-0.1, -0.05) is 0 Å². The van der Waals surface area contributed by atoms with Crippen LogP contribution in [-0.4, -0.2) is 45.5 Å². The number of amides is 1. The third-order valence-corrected chi connectivity index (χ3v) is 7.32. The van der Waals surface area contributed by atoms with E-state index >= 15 is 0 Å². The molecule has 1 N–H and O–H groups in total. The first-order valence-electron chi connectivity index (χ1n) is 8.82. The fourth-order valence-corrected chi connectivity index (χ4v) is 5.54. The molecule has 146 valence electrons. The van der Waals surface area contributed by atoms with Gasteiger partial charge in [0.05, 0.1) is 17.5 Å². The van der Waals surface area contributed by atoms with Crippen LogP contribution >= 0.6 is 11.3 Å². The van der Waals surface area contributed by atoms with Crippen molar-refractivity contribution in [2.75, 3.05) is 20.3 Å². The minimum atomic E-state index is -3.65. The first kappa shape index (κ1) is 20.0. The van der Waals surface area contributed by atoms with Crippen molar-refractivity contribution >= 4 is 27.3 Å². The van der Waals surface area contributed by atoms with Gasteiger partial charge in [0.15, 0.2) is 0 Å². The molecule has 2 atom stereocenters. The molecule has 0 spiro atoms. The predicted octanol–water partition coefficient (Wildman–Crippen LogP) is 2.82. The van der Waals surface area contributed by atoms with E-state index < -0.39 is 10.0 Å². The second kappa shape index (κ2) is 8.10. The van der Waals surface area contributed by atoms with E-state index in [-0.39, 0.29) is 29.5 Å². The van der Waals surface area contributed by atoms with E-state index in [0.717, 1.165) is 6.42 Å². The first-order chi connectivity index (χ1) is 12.8. The molecule has 0 bridgehead atoms. The number of ether oxygens (including phenoxy) is 1. The number of methoxy groups -OCH3 is 1. The predicted molar refractivity (Wildman–Crippen MR) is 106 cm³/mol. The van der Waals surface area contributed by atoms with Crippen LogP contribution in [0.15, 0.2) is 40.6 Å². The quantitative estimate of drug-likeness (QED) is 0.797. The molecule has 0 radical (unpaired) electrons. The number of fused-ring (bicyclic) bond motifs is 1. The molecule has 1 aromatic carbocycles. The second-order valence-corrected chi connectivity index (χ2v) is 9.44. The Morgan fingerprint density at radius 2 is 2.04 bits per heavy atom. The van der Waals surface area contributed by atoms with Gasteiger partial charge in [0.2, 0.25) is 10.0 Å². The molecule has 0 fully saturated rings. The highest BCUT2D eigenvalue weighted by Gasteiger charge is 2.29. The van der Waals surface area contributed by atoms with E-state index in [2.05, 4.69) is 16.2 Å². The van der Waals surface area contributed by atoms with Crippen molar-refractivity contribution in [1.29, 1.82) is 0 Å². The number of sulfonamides is 1. The van der Waals surface area contributed by atoms with E-state index in [9.17, 15) is 13.2 Å². The van der Waals surface area contributed by atoms with Gasteiger partial charge < -0.3 is 9.64 Å². The van der Waals surface area contributed by atoms with E-state index in [0.29, 0.717) is 12.1 Å². The smallest absolute Gasteiger partial charge is 0.254 e. The largest absolute Gasteiger partial charge is 0.383 e. The number of carbonyl (C=O) groups is 1. The van der Waals surface area contributed by atoms with Crippen LogP contribution in [0.5, 0.6) is 0 Å². The van der Waals surface area contributed by atoms with E-state index in [1.165, 1.54) is 29.7 Å². The normalized spacial score (nSPS) is 18.2. The summed E-state index contributed by atoms with van der Waals surface area (Å²) in [6, 6.07) is 7.86. The Hall–Kier alpha value is -1.74. The summed E-state index contributed by atoms with van der Waals surface area (Å²) in [5.74, 6) is -0.0796. The average molecular weight is 409 g/mol. The van der Waals surface area contributed by atoms with Gasteiger partial charge in [-0.3, -0.25) is 4.79 Å². The van der Waals surface area contributed by atoms with E-state index in [1.807, 2.05) is 11.8 Å². The minimum Gasteiger partial charge on any atom is -0.383 e. The van der Waals surface area contributed by atoms with Gasteiger partial charge in [-0.15, -0.1) is 11.3 Å². The highest BCUT2D eigenvalue weighted by molar-refractivity contribution is 7.89. The Morgan fingerprint density at radius 1 is 1.33 bits per heavy atom. The average Bonchev–Trinajstić information content (AvgIpc) is 3.11. The van der Waals surface area contributed by atoms with Crippen molar-refractivity contribution in [2.45, 2.75) is 37.2 Å². The summed E-state index contributed by atoms with van der Waals surface area (Å²) in [7, 11) is -2.13. The molecule has 1 aromatic heterocycles. The Morgan fingerprint density at radius 3 is 2.70 bits per heavy atom. The van der Waals surface area contributed by atoms with Crippen LogP contribution < -0.4 is 4.72 Å². The number of hydrogen-bond acceptors (Lipinski definition) is 5. The highest BCUT2D eigenvalue weighted by Crippen LogP contribution is 2.33. The van der Waals surface area contributed by atoms with Gasteiger partial charge in [0.25, 0.3) is 5.91 Å². The maximum Gasteiger partial charge on any atom is 0.254 e. The zero-order chi connectivity index (χ0) is 19.6. The molecule has 0 saturated carbocycles. The molecule has 1 amide bonds. The molecule has 1 aliphatic heterocycles. The van der Waals surface area contributed by atoms with Crippen molar-refractivity contribution in [3.05, 3.63) is 51.7 Å². The Balaban J connectivity index is 1.75. The van der Waals surface area contributed by atoms with Crippen LogP contribution in [0.25, 0.3) is 0 Å². The van der Waals surface area contributed by atoms with Gasteiger partial charge in [-0.05, 0) is 61.5 Å². The molecule has 1 aliphatic rings. The summed E-state index contributed by atoms with van der Waals surface area (Å²) in [5, 5.41) is 2.06. The molecule has 0 saturated heterocycles. The maximum atomic E-state index is 12.9. The third-order valence-electron chi connectivity index (χ3n) is 4.72. The lowest BCUT2D eigenvalue weighted by molar-refractivity contribution is 0.0679. The van der Waals surface area contributed by atoms with Crippen LogP contribution in [0.4, 0.5) is 0 Å². The van der Waals surface area contributed by atoms with Crippen molar-refractivity contribution in [2.24, 2.45) is 0 Å². The molecular formula is C19H24N2O4S2. The van der Waals surface area contributed by atoms with Crippen LogP contribution in [0.3, 0.4) is 0 Å². The van der Waals surface area contributed by atoms with Gasteiger partial charge in [0.1, 0.15) is 0 Å². The Labute approximate surface area is 164 Å². The van der Waals surface area contributed by atoms with Gasteiger partial charge >= 0.3 is 0 Å². The number of thiophene rings is 1. The van der Waals surface area contributed by atoms with Crippen molar-refractivity contribution in [3.63, 3.8) is 0 Å². The summed E-state index contributed by atoms with van der Waals surface area (Å²) in [6.45, 7) is 4.72. The van der Waals surface area contributed by atoms with Crippen molar-refractivity contribution in [3.8, 4) is 0 Å². The lowest BCUT2D eigenvalue weighted by Crippen LogP contribution is -2.38. The minimum absolute atomic E-state index is 0.0208. The fraction of sp³-hybridized carbons (Fsp3) is 0.421. The van der Waals surface area contributed by atoms with Crippen LogP contribution in [-0.2, 0) is 21.2 Å². The Kier molecular flexibility index (Phi) is 6.00. The van der Waals surface area contributed by atoms with E-state index in [4.69, 9.17) is 4.74 Å². The monoisotopic (exact) mass is 408 g/mol. The number of hydrogen-bond donors (Lipinski definition) is 1. The third kappa shape index (κ3) is 4.24. The molecular weight excluding hydrogens is 384 g/mol. The maximum absolute atomic E-state index is 12.9. The summed E-state index contributed by atoms with van der Waals surface area (Å²) in [5.41, 5.74) is 1.69. The van der Waals surface area contributed by atoms with Gasteiger partial charge in [-0.25, -0.2) is 13.1 Å². The zero-order valence-electron chi connectivity index (χ0n) is 15.6. The van der Waals surface area contributed by atoms with Crippen LogP contribution in [0.1, 0.15) is 40.7 Å². The van der Waals surface area contributed by atoms with Crippen LogP contribution in [0, 0.1) is 0 Å². The SMILES string of the molecule is COC[C@H](C)NS(=O)(=O)c1ccc(C(=O)N2CCc3sccc3[C@@H]2C)cc1. The van der Waals surface area contributed by atoms with Crippen LogP contribution in [0.2, 0.25) is 0 Å². The summed E-state index contributed by atoms with van der Waals surface area (Å²) >= 11 is 1.73. The molecule has 0 unspecified atom stereocenters. The number of carbonyl (C=O) groups excluding carboxylic acids is 1. The fourth-order valence-electron chi connectivity index (χ4n) is 3.35. The Bertz CT molecular complexity index is 906. The first-order valence-corrected chi connectivity index (χ1v) is 11.2. The summed E-state index contributed by atoms with van der Waals surface area (Å²) in [4.78, 5) is 16.2. The topological polar surface area (TPSA) is 75.7 Å². The lowest BCUT2D eigenvalue weighted by Gasteiger charge is -2.33. The molecule has 27 heavy (non-hydrogen) atoms. The molecule has 2 aromatic rings. The molecule has 0 aliphatic carbocycles. The highest BCUT2D eigenvalue weighted by atomic mass is 32.2. The number of nitrogens with zero attached hydrogens (tertiary/aromatic N) is 1. The second-order valence-electron chi connectivity index (χ2n) is 6.73. The number of rotatable bonds is 6. The molecule has 8 heteroatoms. The molecule has 6 nitrogen and oxygen atoms in total. The van der Waals surface area contributed by atoms with Crippen molar-refractivity contribution < 1.29 is 17.9 Å². The van der Waals surface area contributed by atoms with E-state index in [1.54, 1.807) is 30.4 Å². The van der Waals surface area contributed by atoms with Gasteiger partial charge in [-0.2, -0.15) is 0 Å². The standard InChI is InChI=1S/C19H24N2O4S2/c1-13(12-25-3)20-27(23,24)16-6-4-15(5-7-16)19(22)21-10-8-18-17(14(21)2)9-11-26-18/h4-7,9,11,13-14,20H,8,10,12H2,1-3H3/t13-,14-/m0/s1. The van der Waals surface area contributed by atoms with Gasteiger partial charge in [0, 0.05) is 30.1 Å². The molecule has 3 rings (SSSR count). The van der Waals surface area contributed by atoms with Crippen molar-refractivity contribution in [1.82, 2.24) is 9.62 Å². The number of nitrogens with one attached hydrogen (secondary N) is 1. The summed E-state index contributed by atoms with van der Waals surface area (Å²) in [6.07, 6.45) is 0.858. The molecule has 2 heterocycles.